The number of hydrogen-bond donors (Lipinski definition) is 1. The summed E-state index contributed by atoms with van der Waals surface area (Å²) in [5, 5.41) is 12.6. The monoisotopic (exact) mass is 341 g/mol. The Labute approximate surface area is 148 Å². The van der Waals surface area contributed by atoms with Crippen LogP contribution in [0.15, 0.2) is 24.3 Å². The molecule has 4 rings (SSSR count). The second-order valence-electron chi connectivity index (χ2n) is 7.61. The van der Waals surface area contributed by atoms with Crippen molar-refractivity contribution in [1.82, 2.24) is 4.57 Å². The Hall–Kier alpha value is -1.81. The Bertz CT molecular complexity index is 803. The van der Waals surface area contributed by atoms with Crippen molar-refractivity contribution in [3.8, 4) is 0 Å². The predicted octanol–water partition coefficient (Wildman–Crippen LogP) is 4.23. The summed E-state index contributed by atoms with van der Waals surface area (Å²) in [6.07, 6.45) is 6.61. The van der Waals surface area contributed by atoms with Crippen molar-refractivity contribution in [1.29, 1.82) is 0 Å². The van der Waals surface area contributed by atoms with Crippen LogP contribution in [-0.2, 0) is 15.3 Å². The zero-order valence-electron chi connectivity index (χ0n) is 15.1. The van der Waals surface area contributed by atoms with Crippen LogP contribution in [0.4, 0.5) is 0 Å². The quantitative estimate of drug-likeness (QED) is 0.850. The first kappa shape index (κ1) is 16.6. The standard InChI is InChI=1S/C21H27NO3/c1-3-25-20(23)21(24)13-17(15-9-5-4-6-10-15)19-14(2)16-11-7-8-12-18(16)22(19)21/h7-8,11-12,15,17,24H,3-6,9-10,13H2,1-2H3/t17-,21+/m1/s1. The van der Waals surface area contributed by atoms with Crippen LogP contribution in [0, 0.1) is 12.8 Å². The molecule has 0 unspecified atom stereocenters. The van der Waals surface area contributed by atoms with Crippen molar-refractivity contribution >= 4 is 16.9 Å². The highest BCUT2D eigenvalue weighted by Crippen LogP contribution is 2.51. The van der Waals surface area contributed by atoms with E-state index in [1.807, 2.05) is 22.8 Å². The second-order valence-corrected chi connectivity index (χ2v) is 7.61. The number of rotatable bonds is 3. The molecular weight excluding hydrogens is 314 g/mol. The number of aromatic nitrogens is 1. The summed E-state index contributed by atoms with van der Waals surface area (Å²) in [6.45, 7) is 4.19. The van der Waals surface area contributed by atoms with Gasteiger partial charge in [-0.1, -0.05) is 37.5 Å². The van der Waals surface area contributed by atoms with Gasteiger partial charge in [0.1, 0.15) is 0 Å². The number of aryl methyl sites for hydroxylation is 1. The summed E-state index contributed by atoms with van der Waals surface area (Å²) < 4.78 is 7.15. The number of carbonyl (C=O) groups is 1. The zero-order chi connectivity index (χ0) is 17.6. The van der Waals surface area contributed by atoms with Crippen LogP contribution >= 0.6 is 0 Å². The lowest BCUT2D eigenvalue weighted by molar-refractivity contribution is -0.176. The number of fused-ring (bicyclic) bond motifs is 3. The fraction of sp³-hybridized carbons (Fsp3) is 0.571. The molecule has 0 bridgehead atoms. The van der Waals surface area contributed by atoms with Crippen molar-refractivity contribution in [2.75, 3.05) is 6.61 Å². The van der Waals surface area contributed by atoms with Gasteiger partial charge in [-0.05, 0) is 44.2 Å². The highest BCUT2D eigenvalue weighted by molar-refractivity contribution is 5.90. The molecule has 1 fully saturated rings. The van der Waals surface area contributed by atoms with Crippen molar-refractivity contribution in [2.45, 2.75) is 64.0 Å². The van der Waals surface area contributed by atoms with Crippen LogP contribution in [0.1, 0.15) is 62.6 Å². The number of benzene rings is 1. The highest BCUT2D eigenvalue weighted by Gasteiger charge is 2.52. The topological polar surface area (TPSA) is 51.5 Å². The highest BCUT2D eigenvalue weighted by atomic mass is 16.6. The zero-order valence-corrected chi connectivity index (χ0v) is 15.1. The van der Waals surface area contributed by atoms with E-state index in [4.69, 9.17) is 4.74 Å². The number of aliphatic hydroxyl groups is 1. The normalized spacial score (nSPS) is 26.8. The van der Waals surface area contributed by atoms with E-state index in [-0.39, 0.29) is 12.5 Å². The molecule has 0 saturated heterocycles. The molecule has 2 aliphatic rings. The van der Waals surface area contributed by atoms with Gasteiger partial charge in [-0.3, -0.25) is 0 Å². The number of nitrogens with zero attached hydrogens (tertiary/aromatic N) is 1. The molecule has 1 N–H and O–H groups in total. The van der Waals surface area contributed by atoms with Gasteiger partial charge in [0.15, 0.2) is 0 Å². The second kappa shape index (κ2) is 6.17. The Morgan fingerprint density at radius 2 is 2.00 bits per heavy atom. The third-order valence-corrected chi connectivity index (χ3v) is 6.22. The van der Waals surface area contributed by atoms with Gasteiger partial charge in [-0.15, -0.1) is 0 Å². The molecule has 1 aliphatic carbocycles. The largest absolute Gasteiger partial charge is 0.462 e. The van der Waals surface area contributed by atoms with E-state index < -0.39 is 11.7 Å². The number of ether oxygens (including phenoxy) is 1. The maximum atomic E-state index is 12.7. The van der Waals surface area contributed by atoms with Gasteiger partial charge in [0.05, 0.1) is 12.1 Å². The first-order valence-electron chi connectivity index (χ1n) is 9.58. The van der Waals surface area contributed by atoms with Gasteiger partial charge < -0.3 is 14.4 Å². The Kier molecular flexibility index (Phi) is 4.11. The van der Waals surface area contributed by atoms with E-state index in [1.165, 1.54) is 37.7 Å². The molecule has 25 heavy (non-hydrogen) atoms. The van der Waals surface area contributed by atoms with E-state index in [9.17, 15) is 9.90 Å². The average molecular weight is 341 g/mol. The lowest BCUT2D eigenvalue weighted by Gasteiger charge is -2.28. The predicted molar refractivity (Wildman–Crippen MR) is 97.4 cm³/mol. The minimum Gasteiger partial charge on any atom is -0.462 e. The average Bonchev–Trinajstić information content (AvgIpc) is 3.12. The maximum absolute atomic E-state index is 12.7. The smallest absolute Gasteiger partial charge is 0.360 e. The van der Waals surface area contributed by atoms with Gasteiger partial charge in [0.2, 0.25) is 5.72 Å². The summed E-state index contributed by atoms with van der Waals surface area (Å²) in [5.41, 5.74) is 1.69. The molecule has 0 amide bonds. The summed E-state index contributed by atoms with van der Waals surface area (Å²) in [7, 11) is 0. The van der Waals surface area contributed by atoms with Crippen molar-refractivity contribution in [3.05, 3.63) is 35.5 Å². The van der Waals surface area contributed by atoms with Crippen molar-refractivity contribution in [2.24, 2.45) is 5.92 Å². The van der Waals surface area contributed by atoms with Gasteiger partial charge >= 0.3 is 5.97 Å². The summed E-state index contributed by atoms with van der Waals surface area (Å²) in [5.74, 6) is 0.247. The van der Waals surface area contributed by atoms with Gasteiger partial charge in [0, 0.05) is 23.4 Å². The van der Waals surface area contributed by atoms with E-state index in [1.54, 1.807) is 6.92 Å². The Morgan fingerprint density at radius 3 is 2.72 bits per heavy atom. The molecule has 0 radical (unpaired) electrons. The summed E-state index contributed by atoms with van der Waals surface area (Å²) in [6, 6.07) is 8.07. The van der Waals surface area contributed by atoms with Crippen molar-refractivity contribution < 1.29 is 14.6 Å². The Morgan fingerprint density at radius 1 is 1.28 bits per heavy atom. The Balaban J connectivity index is 1.89. The molecule has 134 valence electrons. The fourth-order valence-corrected chi connectivity index (χ4v) is 5.11. The van der Waals surface area contributed by atoms with E-state index in [0.717, 1.165) is 16.6 Å². The molecule has 2 atom stereocenters. The lowest BCUT2D eigenvalue weighted by atomic mass is 9.76. The van der Waals surface area contributed by atoms with Crippen molar-refractivity contribution in [3.63, 3.8) is 0 Å². The van der Waals surface area contributed by atoms with Gasteiger partial charge in [0.25, 0.3) is 0 Å². The molecular formula is C21H27NO3. The van der Waals surface area contributed by atoms with Crippen LogP contribution in [0.2, 0.25) is 0 Å². The molecule has 4 heteroatoms. The third kappa shape index (κ3) is 2.42. The molecule has 1 saturated carbocycles. The van der Waals surface area contributed by atoms with Crippen LogP contribution < -0.4 is 0 Å². The summed E-state index contributed by atoms with van der Waals surface area (Å²) >= 11 is 0. The number of carbonyl (C=O) groups excluding carboxylic acids is 1. The van der Waals surface area contributed by atoms with Gasteiger partial charge in [-0.2, -0.15) is 0 Å². The molecule has 2 heterocycles. The molecule has 4 nitrogen and oxygen atoms in total. The first-order chi connectivity index (χ1) is 12.1. The fourth-order valence-electron chi connectivity index (χ4n) is 5.11. The van der Waals surface area contributed by atoms with E-state index in [0.29, 0.717) is 12.3 Å². The molecule has 1 aromatic heterocycles. The van der Waals surface area contributed by atoms with Crippen LogP contribution in [0.3, 0.4) is 0 Å². The number of hydrogen-bond acceptors (Lipinski definition) is 3. The SMILES string of the molecule is CCOC(=O)[C@@]1(O)C[C@H](C2CCCCC2)c2c(C)c3ccccc3n21. The minimum absolute atomic E-state index is 0.224. The number of para-hydroxylation sites is 1. The summed E-state index contributed by atoms with van der Waals surface area (Å²) in [4.78, 5) is 12.7. The van der Waals surface area contributed by atoms with Crippen LogP contribution in [0.5, 0.6) is 0 Å². The molecule has 1 aliphatic heterocycles. The molecule has 2 aromatic rings. The maximum Gasteiger partial charge on any atom is 0.360 e. The van der Waals surface area contributed by atoms with Gasteiger partial charge in [-0.25, -0.2) is 4.79 Å². The van der Waals surface area contributed by atoms with E-state index in [2.05, 4.69) is 13.0 Å². The van der Waals surface area contributed by atoms with Crippen LogP contribution in [-0.4, -0.2) is 22.2 Å². The number of esters is 1. The van der Waals surface area contributed by atoms with Crippen LogP contribution in [0.25, 0.3) is 10.9 Å². The third-order valence-electron chi connectivity index (χ3n) is 6.22. The molecule has 1 aromatic carbocycles. The first-order valence-corrected chi connectivity index (χ1v) is 9.58. The minimum atomic E-state index is -1.58. The lowest BCUT2D eigenvalue weighted by Crippen LogP contribution is -2.40. The van der Waals surface area contributed by atoms with E-state index >= 15 is 0 Å². The molecule has 0 spiro atoms.